The maximum atomic E-state index is 11.0. The average Bonchev–Trinajstić information content (AvgIpc) is 2.71. The van der Waals surface area contributed by atoms with Gasteiger partial charge in [0, 0.05) is 0 Å². The molecule has 0 amide bonds. The lowest BCUT2D eigenvalue weighted by Gasteiger charge is -2.19. The maximum absolute atomic E-state index is 11.0. The van der Waals surface area contributed by atoms with Crippen LogP contribution in [0.1, 0.15) is 58.8 Å². The van der Waals surface area contributed by atoms with E-state index in [0.29, 0.717) is 0 Å². The smallest absolute Gasteiger partial charge is 0.264 e. The summed E-state index contributed by atoms with van der Waals surface area (Å²) in [5.41, 5.74) is 0. The van der Waals surface area contributed by atoms with Gasteiger partial charge in [0.2, 0.25) is 0 Å². The Morgan fingerprint density at radius 1 is 1.28 bits per heavy atom. The van der Waals surface area contributed by atoms with Crippen molar-refractivity contribution in [3.8, 4) is 0 Å². The van der Waals surface area contributed by atoms with E-state index >= 15 is 0 Å². The fraction of sp³-hybridized carbons (Fsp3) is 1.00. The molecule has 108 valence electrons. The predicted octanol–water partition coefficient (Wildman–Crippen LogP) is 2.87. The van der Waals surface area contributed by atoms with Crippen molar-refractivity contribution in [1.29, 1.82) is 0 Å². The molecule has 0 N–H and O–H groups in total. The molecular formula is C13H26O4S. The van der Waals surface area contributed by atoms with Gasteiger partial charge in [0.15, 0.2) is 0 Å². The summed E-state index contributed by atoms with van der Waals surface area (Å²) in [6.07, 6.45) is 8.92. The zero-order valence-electron chi connectivity index (χ0n) is 11.7. The van der Waals surface area contributed by atoms with Crippen molar-refractivity contribution in [1.82, 2.24) is 0 Å². The molecule has 0 aliphatic carbocycles. The highest BCUT2D eigenvalue weighted by atomic mass is 32.2. The van der Waals surface area contributed by atoms with Gasteiger partial charge in [0.05, 0.1) is 18.5 Å². The van der Waals surface area contributed by atoms with E-state index in [-0.39, 0.29) is 18.3 Å². The van der Waals surface area contributed by atoms with Crippen molar-refractivity contribution in [2.75, 3.05) is 6.26 Å². The highest BCUT2D eigenvalue weighted by Crippen LogP contribution is 2.27. The molecule has 4 nitrogen and oxygen atoms in total. The average molecular weight is 278 g/mol. The Morgan fingerprint density at radius 3 is 2.61 bits per heavy atom. The Bertz CT molecular complexity index is 326. The van der Waals surface area contributed by atoms with Crippen LogP contribution in [-0.4, -0.2) is 33.0 Å². The molecule has 5 heteroatoms. The van der Waals surface area contributed by atoms with Crippen LogP contribution in [-0.2, 0) is 19.0 Å². The lowest BCUT2D eigenvalue weighted by molar-refractivity contribution is -0.0174. The molecule has 3 atom stereocenters. The van der Waals surface area contributed by atoms with Gasteiger partial charge in [0.1, 0.15) is 6.10 Å². The number of rotatable bonds is 8. The molecule has 0 radical (unpaired) electrons. The molecule has 0 aromatic heterocycles. The molecule has 1 aliphatic rings. The molecule has 0 aromatic rings. The van der Waals surface area contributed by atoms with Crippen LogP contribution in [0.15, 0.2) is 0 Å². The summed E-state index contributed by atoms with van der Waals surface area (Å²) in [6.45, 7) is 3.97. The first kappa shape index (κ1) is 15.9. The highest BCUT2D eigenvalue weighted by Gasteiger charge is 2.31. The fourth-order valence-electron chi connectivity index (χ4n) is 2.43. The van der Waals surface area contributed by atoms with E-state index in [0.717, 1.165) is 25.5 Å². The van der Waals surface area contributed by atoms with E-state index in [4.69, 9.17) is 8.92 Å². The number of hydrogen-bond acceptors (Lipinski definition) is 4. The topological polar surface area (TPSA) is 52.6 Å². The first-order valence-corrected chi connectivity index (χ1v) is 8.77. The molecule has 1 heterocycles. The molecule has 0 spiro atoms. The monoisotopic (exact) mass is 278 g/mol. The quantitative estimate of drug-likeness (QED) is 0.506. The minimum Gasteiger partial charge on any atom is -0.372 e. The normalized spacial score (nSPS) is 26.4. The van der Waals surface area contributed by atoms with E-state index in [9.17, 15) is 8.42 Å². The molecular weight excluding hydrogens is 252 g/mol. The largest absolute Gasteiger partial charge is 0.372 e. The fourth-order valence-corrected chi connectivity index (χ4v) is 3.10. The van der Waals surface area contributed by atoms with Crippen molar-refractivity contribution in [3.63, 3.8) is 0 Å². The lowest BCUT2D eigenvalue weighted by Crippen LogP contribution is -2.28. The van der Waals surface area contributed by atoms with Gasteiger partial charge in [-0.1, -0.05) is 32.6 Å². The van der Waals surface area contributed by atoms with Crippen molar-refractivity contribution >= 4 is 10.1 Å². The molecule has 0 bridgehead atoms. The highest BCUT2D eigenvalue weighted by molar-refractivity contribution is 7.86. The van der Waals surface area contributed by atoms with E-state index in [1.54, 1.807) is 6.92 Å². The van der Waals surface area contributed by atoms with Gasteiger partial charge < -0.3 is 4.74 Å². The molecule has 18 heavy (non-hydrogen) atoms. The van der Waals surface area contributed by atoms with Gasteiger partial charge >= 0.3 is 0 Å². The second-order valence-electron chi connectivity index (χ2n) is 5.23. The van der Waals surface area contributed by atoms with Crippen LogP contribution in [0, 0.1) is 0 Å². The summed E-state index contributed by atoms with van der Waals surface area (Å²) in [7, 11) is -3.38. The summed E-state index contributed by atoms with van der Waals surface area (Å²) in [6, 6.07) is 0. The summed E-state index contributed by atoms with van der Waals surface area (Å²) >= 11 is 0. The number of hydrogen-bond donors (Lipinski definition) is 0. The molecule has 1 saturated heterocycles. The van der Waals surface area contributed by atoms with Gasteiger partial charge in [-0.2, -0.15) is 8.42 Å². The Labute approximate surface area is 111 Å². The van der Waals surface area contributed by atoms with E-state index in [1.165, 1.54) is 25.7 Å². The van der Waals surface area contributed by atoms with Crippen molar-refractivity contribution < 1.29 is 17.3 Å². The van der Waals surface area contributed by atoms with Gasteiger partial charge in [-0.15, -0.1) is 0 Å². The third-order valence-electron chi connectivity index (χ3n) is 3.37. The minimum atomic E-state index is -3.38. The first-order chi connectivity index (χ1) is 8.42. The Morgan fingerprint density at radius 2 is 2.00 bits per heavy atom. The third-order valence-corrected chi connectivity index (χ3v) is 4.02. The maximum Gasteiger partial charge on any atom is 0.264 e. The van der Waals surface area contributed by atoms with Gasteiger partial charge in [0.25, 0.3) is 10.1 Å². The summed E-state index contributed by atoms with van der Waals surface area (Å²) in [4.78, 5) is 0. The third kappa shape index (κ3) is 6.16. The van der Waals surface area contributed by atoms with Crippen LogP contribution in [0.3, 0.4) is 0 Å². The van der Waals surface area contributed by atoms with Crippen molar-refractivity contribution in [2.24, 2.45) is 0 Å². The van der Waals surface area contributed by atoms with Crippen LogP contribution < -0.4 is 0 Å². The van der Waals surface area contributed by atoms with Crippen LogP contribution in [0.4, 0.5) is 0 Å². The Hall–Kier alpha value is -0.130. The lowest BCUT2D eigenvalue weighted by atomic mass is 10.1. The van der Waals surface area contributed by atoms with Crippen LogP contribution in [0.5, 0.6) is 0 Å². The standard InChI is InChI=1S/C13H26O4S/c1-4-5-6-7-8-12-9-10-13(16-12)11(2)17-18(3,14)15/h11-13H,4-10H2,1-3H3/t11-,12+,13+/m0/s1. The Kier molecular flexibility index (Phi) is 6.60. The van der Waals surface area contributed by atoms with E-state index < -0.39 is 10.1 Å². The first-order valence-electron chi connectivity index (χ1n) is 6.96. The van der Waals surface area contributed by atoms with Crippen LogP contribution in [0.25, 0.3) is 0 Å². The molecule has 0 aromatic carbocycles. The zero-order valence-corrected chi connectivity index (χ0v) is 12.5. The summed E-state index contributed by atoms with van der Waals surface area (Å²) in [5, 5.41) is 0. The molecule has 0 unspecified atom stereocenters. The number of ether oxygens (including phenoxy) is 1. The summed E-state index contributed by atoms with van der Waals surface area (Å²) in [5.74, 6) is 0. The SMILES string of the molecule is CCCCCC[C@@H]1CC[C@H]([C@H](C)OS(C)(=O)=O)O1. The van der Waals surface area contributed by atoms with Gasteiger partial charge in [-0.3, -0.25) is 4.18 Å². The Balaban J connectivity index is 2.24. The molecule has 0 saturated carbocycles. The van der Waals surface area contributed by atoms with Gasteiger partial charge in [-0.25, -0.2) is 0 Å². The summed E-state index contributed by atoms with van der Waals surface area (Å²) < 4.78 is 32.9. The van der Waals surface area contributed by atoms with E-state index in [1.807, 2.05) is 0 Å². The molecule has 1 fully saturated rings. The van der Waals surface area contributed by atoms with E-state index in [2.05, 4.69) is 6.92 Å². The number of unbranched alkanes of at least 4 members (excludes halogenated alkanes) is 3. The molecule has 1 rings (SSSR count). The van der Waals surface area contributed by atoms with Crippen LogP contribution >= 0.6 is 0 Å². The second kappa shape index (κ2) is 7.46. The van der Waals surface area contributed by atoms with Crippen molar-refractivity contribution in [3.05, 3.63) is 0 Å². The molecule has 1 aliphatic heterocycles. The predicted molar refractivity (Wildman–Crippen MR) is 72.0 cm³/mol. The van der Waals surface area contributed by atoms with Gasteiger partial charge in [-0.05, 0) is 26.2 Å². The second-order valence-corrected chi connectivity index (χ2v) is 6.83. The zero-order chi connectivity index (χ0) is 13.6. The van der Waals surface area contributed by atoms with Crippen molar-refractivity contribution in [2.45, 2.75) is 77.1 Å². The minimum absolute atomic E-state index is 0.0732. The van der Waals surface area contributed by atoms with Crippen LogP contribution in [0.2, 0.25) is 0 Å².